The van der Waals surface area contributed by atoms with Crippen LogP contribution in [0.5, 0.6) is 0 Å². The first-order chi connectivity index (χ1) is 12.1. The van der Waals surface area contributed by atoms with E-state index in [0.29, 0.717) is 17.1 Å². The number of hydrogen-bond acceptors (Lipinski definition) is 5. The molecule has 0 aliphatic rings. The standard InChI is InChI=1S/C17H19N5O2S/c1-11(23)12-9-14(18-10-12)17(24)19-13(6-8-25-2)16-21-20-15-5-3-4-7-22(15)16/h3-5,7,9-10,13,18H,6,8H2,1-2H3,(H,19,24). The van der Waals surface area contributed by atoms with E-state index in [1.807, 2.05) is 35.1 Å². The number of fused-ring (bicyclic) bond motifs is 1. The Hall–Kier alpha value is -2.61. The van der Waals surface area contributed by atoms with E-state index in [0.717, 1.165) is 17.8 Å². The minimum atomic E-state index is -0.276. The number of ketones is 1. The quantitative estimate of drug-likeness (QED) is 0.634. The largest absolute Gasteiger partial charge is 0.356 e. The number of rotatable bonds is 7. The van der Waals surface area contributed by atoms with Crippen molar-refractivity contribution in [3.8, 4) is 0 Å². The zero-order chi connectivity index (χ0) is 17.8. The van der Waals surface area contributed by atoms with Crippen LogP contribution in [0, 0.1) is 0 Å². The van der Waals surface area contributed by atoms with Gasteiger partial charge in [0.05, 0.1) is 6.04 Å². The minimum Gasteiger partial charge on any atom is -0.356 e. The first-order valence-electron chi connectivity index (χ1n) is 7.89. The number of pyridine rings is 1. The Balaban J connectivity index is 1.85. The fourth-order valence-electron chi connectivity index (χ4n) is 2.56. The van der Waals surface area contributed by atoms with Gasteiger partial charge in [0.15, 0.2) is 17.3 Å². The maximum absolute atomic E-state index is 12.6. The first-order valence-corrected chi connectivity index (χ1v) is 9.28. The number of hydrogen-bond donors (Lipinski definition) is 2. The molecule has 0 aliphatic heterocycles. The maximum Gasteiger partial charge on any atom is 0.268 e. The topological polar surface area (TPSA) is 92.1 Å². The third kappa shape index (κ3) is 3.74. The third-order valence-electron chi connectivity index (χ3n) is 3.90. The molecule has 0 fully saturated rings. The molecule has 25 heavy (non-hydrogen) atoms. The zero-order valence-electron chi connectivity index (χ0n) is 14.0. The van der Waals surface area contributed by atoms with Crippen LogP contribution < -0.4 is 5.32 Å². The van der Waals surface area contributed by atoms with Gasteiger partial charge in [-0.25, -0.2) is 0 Å². The first kappa shape index (κ1) is 17.2. The average Bonchev–Trinajstić information content (AvgIpc) is 3.25. The fourth-order valence-corrected chi connectivity index (χ4v) is 3.04. The number of amides is 1. The third-order valence-corrected chi connectivity index (χ3v) is 4.55. The summed E-state index contributed by atoms with van der Waals surface area (Å²) in [6, 6.07) is 6.95. The average molecular weight is 357 g/mol. The van der Waals surface area contributed by atoms with Crippen LogP contribution in [0.3, 0.4) is 0 Å². The molecule has 7 nitrogen and oxygen atoms in total. The number of nitrogens with one attached hydrogen (secondary N) is 2. The second kappa shape index (κ2) is 7.52. The molecule has 0 saturated carbocycles. The van der Waals surface area contributed by atoms with Crippen LogP contribution in [0.25, 0.3) is 5.65 Å². The van der Waals surface area contributed by atoms with Crippen molar-refractivity contribution in [3.05, 3.63) is 53.7 Å². The van der Waals surface area contributed by atoms with E-state index < -0.39 is 0 Å². The van der Waals surface area contributed by atoms with Crippen molar-refractivity contribution in [3.63, 3.8) is 0 Å². The van der Waals surface area contributed by atoms with Crippen molar-refractivity contribution in [1.29, 1.82) is 0 Å². The van der Waals surface area contributed by atoms with E-state index in [2.05, 4.69) is 20.5 Å². The molecule has 2 N–H and O–H groups in total. The monoisotopic (exact) mass is 357 g/mol. The number of aromatic nitrogens is 4. The number of nitrogens with zero attached hydrogens (tertiary/aromatic N) is 3. The molecule has 0 aliphatic carbocycles. The van der Waals surface area contributed by atoms with Crippen LogP contribution in [-0.4, -0.2) is 43.3 Å². The van der Waals surface area contributed by atoms with Crippen LogP contribution in [0.4, 0.5) is 0 Å². The second-order valence-corrected chi connectivity index (χ2v) is 6.64. The van der Waals surface area contributed by atoms with Crippen molar-refractivity contribution in [1.82, 2.24) is 24.9 Å². The lowest BCUT2D eigenvalue weighted by molar-refractivity contribution is 0.0929. The van der Waals surface area contributed by atoms with E-state index in [-0.39, 0.29) is 17.7 Å². The highest BCUT2D eigenvalue weighted by molar-refractivity contribution is 7.98. The van der Waals surface area contributed by atoms with E-state index in [1.54, 1.807) is 24.0 Å². The Bertz CT molecular complexity index is 901. The van der Waals surface area contributed by atoms with Crippen molar-refractivity contribution in [2.45, 2.75) is 19.4 Å². The van der Waals surface area contributed by atoms with Crippen LogP contribution in [0.1, 0.15) is 46.1 Å². The van der Waals surface area contributed by atoms with Gasteiger partial charge < -0.3 is 10.3 Å². The summed E-state index contributed by atoms with van der Waals surface area (Å²) in [6.07, 6.45) is 6.17. The van der Waals surface area contributed by atoms with Gasteiger partial charge in [-0.05, 0) is 43.6 Å². The lowest BCUT2D eigenvalue weighted by atomic mass is 10.2. The molecule has 3 aromatic rings. The van der Waals surface area contributed by atoms with E-state index in [1.165, 1.54) is 6.92 Å². The van der Waals surface area contributed by atoms with Gasteiger partial charge in [-0.3, -0.25) is 14.0 Å². The zero-order valence-corrected chi connectivity index (χ0v) is 14.8. The molecule has 130 valence electrons. The van der Waals surface area contributed by atoms with Gasteiger partial charge in [0.25, 0.3) is 5.91 Å². The Kier molecular flexibility index (Phi) is 5.18. The molecular weight excluding hydrogens is 338 g/mol. The molecule has 0 bridgehead atoms. The van der Waals surface area contributed by atoms with Crippen LogP contribution in [-0.2, 0) is 0 Å². The van der Waals surface area contributed by atoms with Crippen LogP contribution in [0.15, 0.2) is 36.7 Å². The molecule has 1 unspecified atom stereocenters. The summed E-state index contributed by atoms with van der Waals surface area (Å²) >= 11 is 1.70. The summed E-state index contributed by atoms with van der Waals surface area (Å²) in [5.41, 5.74) is 1.58. The number of aromatic amines is 1. The molecule has 0 aromatic carbocycles. The van der Waals surface area contributed by atoms with Gasteiger partial charge in [0, 0.05) is 18.0 Å². The van der Waals surface area contributed by atoms with Crippen molar-refractivity contribution < 1.29 is 9.59 Å². The summed E-state index contributed by atoms with van der Waals surface area (Å²) < 4.78 is 1.88. The number of Topliss-reactive ketones (excluding diaryl/α,β-unsaturated/α-hetero) is 1. The van der Waals surface area contributed by atoms with Gasteiger partial charge in [0.2, 0.25) is 0 Å². The predicted octanol–water partition coefficient (Wildman–Crippen LogP) is 2.48. The predicted molar refractivity (Wildman–Crippen MR) is 97.0 cm³/mol. The van der Waals surface area contributed by atoms with Gasteiger partial charge in [-0.15, -0.1) is 10.2 Å². The van der Waals surface area contributed by atoms with Gasteiger partial charge in [-0.1, -0.05) is 6.07 Å². The minimum absolute atomic E-state index is 0.0855. The lowest BCUT2D eigenvalue weighted by Gasteiger charge is -2.16. The molecule has 0 spiro atoms. The summed E-state index contributed by atoms with van der Waals surface area (Å²) in [6.45, 7) is 1.47. The highest BCUT2D eigenvalue weighted by atomic mass is 32.2. The molecule has 1 amide bonds. The molecule has 3 heterocycles. The molecule has 0 saturated heterocycles. The SMILES string of the molecule is CSCCC(NC(=O)c1cc(C(C)=O)c[nH]1)c1nnc2ccccn12. The van der Waals surface area contributed by atoms with Gasteiger partial charge >= 0.3 is 0 Å². The van der Waals surface area contributed by atoms with Crippen molar-refractivity contribution in [2.24, 2.45) is 0 Å². The highest BCUT2D eigenvalue weighted by Gasteiger charge is 2.21. The summed E-state index contributed by atoms with van der Waals surface area (Å²) in [7, 11) is 0. The van der Waals surface area contributed by atoms with Gasteiger partial charge in [-0.2, -0.15) is 11.8 Å². The Morgan fingerprint density at radius 3 is 2.92 bits per heavy atom. The Morgan fingerprint density at radius 1 is 1.36 bits per heavy atom. The number of carbonyl (C=O) groups is 2. The smallest absolute Gasteiger partial charge is 0.268 e. The molecule has 1 atom stereocenters. The van der Waals surface area contributed by atoms with Crippen LogP contribution >= 0.6 is 11.8 Å². The van der Waals surface area contributed by atoms with E-state index in [9.17, 15) is 9.59 Å². The number of thioether (sulfide) groups is 1. The Morgan fingerprint density at radius 2 is 2.20 bits per heavy atom. The van der Waals surface area contributed by atoms with Crippen LogP contribution in [0.2, 0.25) is 0 Å². The summed E-state index contributed by atoms with van der Waals surface area (Å²) in [5, 5.41) is 11.4. The molecule has 8 heteroatoms. The lowest BCUT2D eigenvalue weighted by Crippen LogP contribution is -2.30. The van der Waals surface area contributed by atoms with E-state index in [4.69, 9.17) is 0 Å². The normalized spacial score (nSPS) is 12.2. The molecular formula is C17H19N5O2S. The van der Waals surface area contributed by atoms with E-state index >= 15 is 0 Å². The highest BCUT2D eigenvalue weighted by Crippen LogP contribution is 2.19. The summed E-state index contributed by atoms with van der Waals surface area (Å²) in [5.74, 6) is 1.20. The second-order valence-electron chi connectivity index (χ2n) is 5.65. The maximum atomic E-state index is 12.6. The number of carbonyl (C=O) groups excluding carboxylic acids is 2. The molecule has 0 radical (unpaired) electrons. The molecule has 3 rings (SSSR count). The van der Waals surface area contributed by atoms with Crippen molar-refractivity contribution in [2.75, 3.05) is 12.0 Å². The number of H-pyrrole nitrogens is 1. The Labute approximate surface area is 149 Å². The van der Waals surface area contributed by atoms with Crippen molar-refractivity contribution >= 4 is 29.1 Å². The fraction of sp³-hybridized carbons (Fsp3) is 0.294. The van der Waals surface area contributed by atoms with Gasteiger partial charge in [0.1, 0.15) is 5.69 Å². The molecule has 3 aromatic heterocycles. The summed E-state index contributed by atoms with van der Waals surface area (Å²) in [4.78, 5) is 26.8.